The number of hydrogen-bond donors (Lipinski definition) is 1. The Bertz CT molecular complexity index is 518. The molecule has 21 heavy (non-hydrogen) atoms. The van der Waals surface area contributed by atoms with E-state index in [0.717, 1.165) is 17.8 Å². The summed E-state index contributed by atoms with van der Waals surface area (Å²) in [4.78, 5) is 15.2. The molecule has 0 atom stereocenters. The summed E-state index contributed by atoms with van der Waals surface area (Å²) in [5, 5.41) is 3.01. The number of nitrogens with zero attached hydrogens (tertiary/aromatic N) is 1. The molecule has 0 radical (unpaired) electrons. The Labute approximate surface area is 132 Å². The minimum Gasteiger partial charge on any atom is -0.327 e. The molecule has 0 unspecified atom stereocenters. The number of amides is 2. The number of carbonyl (C=O) groups is 1. The fourth-order valence-corrected chi connectivity index (χ4v) is 3.25. The summed E-state index contributed by atoms with van der Waals surface area (Å²) in [6.45, 7) is 9.52. The van der Waals surface area contributed by atoms with Gasteiger partial charge >= 0.3 is 6.03 Å². The van der Waals surface area contributed by atoms with Gasteiger partial charge in [0.25, 0.3) is 0 Å². The van der Waals surface area contributed by atoms with Crippen LogP contribution in [0.3, 0.4) is 0 Å². The molecule has 1 fully saturated rings. The molecule has 0 aromatic heterocycles. The highest BCUT2D eigenvalue weighted by Crippen LogP contribution is 2.34. The van der Waals surface area contributed by atoms with Gasteiger partial charge in [0.2, 0.25) is 0 Å². The maximum atomic E-state index is 12.2. The number of nitrogens with one attached hydrogen (secondary N) is 1. The average molecular weight is 306 g/mol. The van der Waals surface area contributed by atoms with E-state index >= 15 is 0 Å². The zero-order valence-corrected chi connectivity index (χ0v) is 14.5. The van der Waals surface area contributed by atoms with Gasteiger partial charge in [0.05, 0.1) is 0 Å². The van der Waals surface area contributed by atoms with E-state index in [0.29, 0.717) is 5.92 Å². The SMILES string of the molecule is Cc1cc(SC(C)(C)C)ccc1NC(=O)N(C)CC1CC1. The summed E-state index contributed by atoms with van der Waals surface area (Å²) < 4.78 is 0.196. The predicted octanol–water partition coefficient (Wildman–Crippen LogP) is 4.76. The van der Waals surface area contributed by atoms with Crippen molar-refractivity contribution in [2.75, 3.05) is 18.9 Å². The summed E-state index contributed by atoms with van der Waals surface area (Å²) in [6.07, 6.45) is 2.52. The van der Waals surface area contributed by atoms with Gasteiger partial charge in [-0.15, -0.1) is 11.8 Å². The van der Waals surface area contributed by atoms with Crippen LogP contribution in [0, 0.1) is 12.8 Å². The quantitative estimate of drug-likeness (QED) is 0.813. The lowest BCUT2D eigenvalue weighted by Crippen LogP contribution is -2.33. The second-order valence-electron chi connectivity index (χ2n) is 6.95. The lowest BCUT2D eigenvalue weighted by molar-refractivity contribution is 0.220. The fraction of sp³-hybridized carbons (Fsp3) is 0.588. The highest BCUT2D eigenvalue weighted by Gasteiger charge is 2.25. The lowest BCUT2D eigenvalue weighted by Gasteiger charge is -2.20. The Hall–Kier alpha value is -1.16. The predicted molar refractivity (Wildman–Crippen MR) is 91.2 cm³/mol. The lowest BCUT2D eigenvalue weighted by atomic mass is 10.2. The van der Waals surface area contributed by atoms with Crippen molar-refractivity contribution in [2.24, 2.45) is 5.92 Å². The largest absolute Gasteiger partial charge is 0.327 e. The molecule has 0 aliphatic heterocycles. The van der Waals surface area contributed by atoms with Gasteiger partial charge in [-0.1, -0.05) is 20.8 Å². The van der Waals surface area contributed by atoms with Crippen LogP contribution in [-0.4, -0.2) is 29.3 Å². The van der Waals surface area contributed by atoms with Crippen LogP contribution in [0.2, 0.25) is 0 Å². The first-order valence-corrected chi connectivity index (χ1v) is 8.38. The molecule has 0 heterocycles. The molecule has 4 heteroatoms. The monoisotopic (exact) mass is 306 g/mol. The second-order valence-corrected chi connectivity index (χ2v) is 8.85. The molecular formula is C17H26N2OS. The Morgan fingerprint density at radius 3 is 2.57 bits per heavy atom. The van der Waals surface area contributed by atoms with Crippen molar-refractivity contribution in [1.82, 2.24) is 4.90 Å². The molecule has 116 valence electrons. The van der Waals surface area contributed by atoms with E-state index in [4.69, 9.17) is 0 Å². The molecule has 1 saturated carbocycles. The Kier molecular flexibility index (Phi) is 4.87. The van der Waals surface area contributed by atoms with Crippen LogP contribution in [0.5, 0.6) is 0 Å². The van der Waals surface area contributed by atoms with Gasteiger partial charge in [-0.3, -0.25) is 0 Å². The van der Waals surface area contributed by atoms with Crippen molar-refractivity contribution < 1.29 is 4.79 Å². The third-order valence-electron chi connectivity index (χ3n) is 3.44. The highest BCUT2D eigenvalue weighted by atomic mass is 32.2. The molecule has 1 aromatic rings. The fourth-order valence-electron chi connectivity index (χ4n) is 2.17. The van der Waals surface area contributed by atoms with E-state index in [9.17, 15) is 4.79 Å². The van der Waals surface area contributed by atoms with Crippen molar-refractivity contribution in [2.45, 2.75) is 50.2 Å². The summed E-state index contributed by atoms with van der Waals surface area (Å²) in [6, 6.07) is 6.22. The third-order valence-corrected chi connectivity index (χ3v) is 4.54. The van der Waals surface area contributed by atoms with Gasteiger partial charge in [-0.05, 0) is 49.4 Å². The summed E-state index contributed by atoms with van der Waals surface area (Å²) in [7, 11) is 1.87. The Morgan fingerprint density at radius 2 is 2.05 bits per heavy atom. The normalized spacial score (nSPS) is 14.9. The molecule has 2 rings (SSSR count). The molecule has 0 spiro atoms. The first-order chi connectivity index (χ1) is 9.74. The number of carbonyl (C=O) groups excluding carboxylic acids is 1. The number of rotatable bonds is 4. The molecule has 1 aliphatic rings. The summed E-state index contributed by atoms with van der Waals surface area (Å²) in [5.41, 5.74) is 2.01. The number of urea groups is 1. The molecule has 0 bridgehead atoms. The standard InChI is InChI=1S/C17H26N2OS/c1-12-10-14(21-17(2,3)4)8-9-15(12)18-16(20)19(5)11-13-6-7-13/h8-10,13H,6-7,11H2,1-5H3,(H,18,20). The summed E-state index contributed by atoms with van der Waals surface area (Å²) >= 11 is 1.84. The van der Waals surface area contributed by atoms with E-state index in [1.807, 2.05) is 31.8 Å². The first kappa shape index (κ1) is 16.2. The molecule has 1 aliphatic carbocycles. The van der Waals surface area contributed by atoms with E-state index in [1.54, 1.807) is 4.90 Å². The topological polar surface area (TPSA) is 32.3 Å². The third kappa shape index (κ3) is 5.27. The van der Waals surface area contributed by atoms with Gasteiger partial charge in [-0.25, -0.2) is 4.79 Å². The number of aryl methyl sites for hydroxylation is 1. The van der Waals surface area contributed by atoms with Gasteiger partial charge in [-0.2, -0.15) is 0 Å². The van der Waals surface area contributed by atoms with Crippen LogP contribution in [0.25, 0.3) is 0 Å². The van der Waals surface area contributed by atoms with Crippen LogP contribution < -0.4 is 5.32 Å². The first-order valence-electron chi connectivity index (χ1n) is 7.56. The molecule has 3 nitrogen and oxygen atoms in total. The van der Waals surface area contributed by atoms with Crippen molar-refractivity contribution in [3.63, 3.8) is 0 Å². The van der Waals surface area contributed by atoms with E-state index in [2.05, 4.69) is 38.2 Å². The van der Waals surface area contributed by atoms with Gasteiger partial charge in [0.15, 0.2) is 0 Å². The van der Waals surface area contributed by atoms with Crippen molar-refractivity contribution in [3.8, 4) is 0 Å². The van der Waals surface area contributed by atoms with Gasteiger partial charge < -0.3 is 10.2 Å². The second kappa shape index (κ2) is 6.30. The smallest absolute Gasteiger partial charge is 0.321 e. The zero-order chi connectivity index (χ0) is 15.6. The molecular weight excluding hydrogens is 280 g/mol. The minimum absolute atomic E-state index is 0.0128. The number of benzene rings is 1. The van der Waals surface area contributed by atoms with Gasteiger partial charge in [0, 0.05) is 28.9 Å². The van der Waals surface area contributed by atoms with Crippen molar-refractivity contribution >= 4 is 23.5 Å². The van der Waals surface area contributed by atoms with E-state index in [1.165, 1.54) is 17.7 Å². The number of hydrogen-bond acceptors (Lipinski definition) is 2. The molecule has 0 saturated heterocycles. The zero-order valence-electron chi connectivity index (χ0n) is 13.7. The van der Waals surface area contributed by atoms with Gasteiger partial charge in [0.1, 0.15) is 0 Å². The van der Waals surface area contributed by atoms with Crippen molar-refractivity contribution in [1.29, 1.82) is 0 Å². The van der Waals surface area contributed by atoms with E-state index in [-0.39, 0.29) is 10.8 Å². The number of anilines is 1. The Morgan fingerprint density at radius 1 is 1.38 bits per heavy atom. The van der Waals surface area contributed by atoms with Crippen LogP contribution in [0.4, 0.5) is 10.5 Å². The van der Waals surface area contributed by atoms with E-state index < -0.39 is 0 Å². The summed E-state index contributed by atoms with van der Waals surface area (Å²) in [5.74, 6) is 0.715. The van der Waals surface area contributed by atoms with Crippen LogP contribution in [0.15, 0.2) is 23.1 Å². The van der Waals surface area contributed by atoms with Crippen molar-refractivity contribution in [3.05, 3.63) is 23.8 Å². The Balaban J connectivity index is 1.98. The molecule has 2 amide bonds. The minimum atomic E-state index is -0.0128. The number of thioether (sulfide) groups is 1. The molecule has 1 N–H and O–H groups in total. The maximum Gasteiger partial charge on any atom is 0.321 e. The average Bonchev–Trinajstić information content (AvgIpc) is 3.14. The molecule has 1 aromatic carbocycles. The van der Waals surface area contributed by atoms with Crippen LogP contribution >= 0.6 is 11.8 Å². The maximum absolute atomic E-state index is 12.2. The highest BCUT2D eigenvalue weighted by molar-refractivity contribution is 8.00. The van der Waals surface area contributed by atoms with Crippen LogP contribution in [0.1, 0.15) is 39.2 Å². The van der Waals surface area contributed by atoms with Crippen LogP contribution in [-0.2, 0) is 0 Å².